The van der Waals surface area contributed by atoms with Crippen LogP contribution in [0.5, 0.6) is 0 Å². The van der Waals surface area contributed by atoms with Crippen molar-refractivity contribution in [2.45, 2.75) is 65.3 Å². The number of hydrogen-bond donors (Lipinski definition) is 3. The Morgan fingerprint density at radius 1 is 1.08 bits per heavy atom. The third-order valence-corrected chi connectivity index (χ3v) is 3.60. The van der Waals surface area contributed by atoms with Crippen molar-refractivity contribution in [1.82, 2.24) is 16.2 Å². The number of unbranched alkanes of at least 4 members (excludes halogenated alkanes) is 4. The second-order valence-electron chi connectivity index (χ2n) is 6.11. The summed E-state index contributed by atoms with van der Waals surface area (Å²) in [6, 6.07) is -0.277. The van der Waals surface area contributed by atoms with Gasteiger partial charge < -0.3 is 14.8 Å². The summed E-state index contributed by atoms with van der Waals surface area (Å²) in [5.41, 5.74) is 5.68. The van der Waals surface area contributed by atoms with Crippen molar-refractivity contribution in [1.29, 1.82) is 0 Å². The minimum Gasteiger partial charge on any atom is -0.450 e. The second-order valence-corrected chi connectivity index (χ2v) is 6.11. The highest BCUT2D eigenvalue weighted by Crippen LogP contribution is 2.05. The highest BCUT2D eigenvalue weighted by Gasteiger charge is 2.11. The maximum Gasteiger partial charge on any atom is 0.407 e. The van der Waals surface area contributed by atoms with E-state index in [2.05, 4.69) is 16.2 Å². The van der Waals surface area contributed by atoms with Gasteiger partial charge in [0, 0.05) is 13.0 Å². The van der Waals surface area contributed by atoms with Gasteiger partial charge in [0.25, 0.3) is 0 Å². The topological polar surface area (TPSA) is 96.5 Å². The number of amides is 1. The fraction of sp³-hybridized carbons (Fsp3) is 0.824. The summed E-state index contributed by atoms with van der Waals surface area (Å²) < 4.78 is 4.76. The summed E-state index contributed by atoms with van der Waals surface area (Å²) in [5.74, 6) is 0.323. The number of ketones is 1. The van der Waals surface area contributed by atoms with Crippen LogP contribution >= 0.6 is 0 Å². The zero-order chi connectivity index (χ0) is 18.2. The largest absolute Gasteiger partial charge is 0.450 e. The van der Waals surface area contributed by atoms with Crippen LogP contribution in [0.2, 0.25) is 0 Å². The van der Waals surface area contributed by atoms with E-state index < -0.39 is 0 Å². The van der Waals surface area contributed by atoms with Gasteiger partial charge in [0.05, 0.1) is 19.2 Å². The quantitative estimate of drug-likeness (QED) is 0.239. The first-order valence-corrected chi connectivity index (χ1v) is 8.87. The predicted octanol–water partition coefficient (Wildman–Crippen LogP) is 1.96. The smallest absolute Gasteiger partial charge is 0.407 e. The van der Waals surface area contributed by atoms with Crippen molar-refractivity contribution in [3.05, 3.63) is 0 Å². The van der Waals surface area contributed by atoms with Gasteiger partial charge in [0.1, 0.15) is 12.1 Å². The number of carbonyl (C=O) groups excluding carboxylic acids is 3. The van der Waals surface area contributed by atoms with E-state index >= 15 is 0 Å². The van der Waals surface area contributed by atoms with E-state index in [4.69, 9.17) is 4.74 Å². The van der Waals surface area contributed by atoms with E-state index in [0.29, 0.717) is 19.6 Å². The van der Waals surface area contributed by atoms with E-state index in [-0.39, 0.29) is 30.4 Å². The number of alkyl carbamates (subject to hydrolysis) is 1. The molecule has 0 rings (SSSR count). The Morgan fingerprint density at radius 2 is 1.75 bits per heavy atom. The molecule has 0 aliphatic carbocycles. The molecule has 0 fully saturated rings. The molecular formula is C17H33N3O4. The van der Waals surface area contributed by atoms with Crippen LogP contribution in [0.1, 0.15) is 59.3 Å². The lowest BCUT2D eigenvalue weighted by Crippen LogP contribution is -2.46. The van der Waals surface area contributed by atoms with Crippen molar-refractivity contribution >= 4 is 18.2 Å². The Kier molecular flexibility index (Phi) is 14.2. The van der Waals surface area contributed by atoms with Crippen molar-refractivity contribution in [3.8, 4) is 0 Å². The van der Waals surface area contributed by atoms with Crippen LogP contribution in [0.15, 0.2) is 0 Å². The highest BCUT2D eigenvalue weighted by molar-refractivity contribution is 5.80. The van der Waals surface area contributed by atoms with Crippen LogP contribution in [-0.4, -0.2) is 43.9 Å². The van der Waals surface area contributed by atoms with Crippen LogP contribution in [0.25, 0.3) is 0 Å². The lowest BCUT2D eigenvalue weighted by atomic mass is 10.1. The maximum atomic E-state index is 11.7. The summed E-state index contributed by atoms with van der Waals surface area (Å²) in [6.45, 7) is 6.91. The molecule has 1 atom stereocenters. The Morgan fingerprint density at radius 3 is 2.38 bits per heavy atom. The summed E-state index contributed by atoms with van der Waals surface area (Å²) in [7, 11) is 0. The van der Waals surface area contributed by atoms with Crippen molar-refractivity contribution in [3.63, 3.8) is 0 Å². The summed E-state index contributed by atoms with van der Waals surface area (Å²) in [4.78, 5) is 33.5. The molecule has 0 spiro atoms. The highest BCUT2D eigenvalue weighted by atomic mass is 16.5. The third kappa shape index (κ3) is 13.0. The Bertz CT molecular complexity index is 362. The number of rotatable bonds is 15. The van der Waals surface area contributed by atoms with Crippen molar-refractivity contribution < 1.29 is 19.1 Å². The number of hydrogen-bond acceptors (Lipinski definition) is 6. The summed E-state index contributed by atoms with van der Waals surface area (Å²) in [5, 5.41) is 2.68. The standard InChI is InChI=1S/C17H33N3O4/c1-4-24-17(23)18-11-9-7-5-6-8-10-15(22)12-19-20-16(13-21)14(2)3/h13-14,16,19-20H,4-12H2,1-3H3,(H,18,23)/t16-/m1/s1. The fourth-order valence-electron chi connectivity index (χ4n) is 2.06. The number of ether oxygens (including phenoxy) is 1. The second kappa shape index (κ2) is 15.1. The van der Waals surface area contributed by atoms with Gasteiger partial charge in [0.15, 0.2) is 0 Å². The fourth-order valence-corrected chi connectivity index (χ4v) is 2.06. The lowest BCUT2D eigenvalue weighted by Gasteiger charge is -2.16. The van der Waals surface area contributed by atoms with Crippen LogP contribution in [0, 0.1) is 5.92 Å². The van der Waals surface area contributed by atoms with Crippen LogP contribution < -0.4 is 16.2 Å². The Hall–Kier alpha value is -1.47. The van der Waals surface area contributed by atoms with Crippen molar-refractivity contribution in [2.75, 3.05) is 19.7 Å². The monoisotopic (exact) mass is 343 g/mol. The first-order chi connectivity index (χ1) is 11.5. The van der Waals surface area contributed by atoms with Crippen LogP contribution in [-0.2, 0) is 14.3 Å². The molecule has 24 heavy (non-hydrogen) atoms. The summed E-state index contributed by atoms with van der Waals surface area (Å²) in [6.07, 6.45) is 5.88. The minimum absolute atomic E-state index is 0.139. The number of aldehydes is 1. The predicted molar refractivity (Wildman–Crippen MR) is 93.6 cm³/mol. The van der Waals surface area contributed by atoms with Crippen molar-refractivity contribution in [2.24, 2.45) is 5.92 Å². The van der Waals surface area contributed by atoms with E-state index in [1.54, 1.807) is 6.92 Å². The SMILES string of the molecule is CCOC(=O)NCCCCCCCC(=O)CNN[C@H](C=O)C(C)C. The van der Waals surface area contributed by atoms with Gasteiger partial charge in [0.2, 0.25) is 0 Å². The number of hydrazine groups is 1. The molecule has 0 aliphatic rings. The normalized spacial score (nSPS) is 12.0. The Labute approximate surface area is 145 Å². The average Bonchev–Trinajstić information content (AvgIpc) is 2.54. The molecule has 7 heteroatoms. The molecule has 3 N–H and O–H groups in total. The van der Waals surface area contributed by atoms with Crippen LogP contribution in [0.3, 0.4) is 0 Å². The molecule has 0 aromatic rings. The van der Waals surface area contributed by atoms with Gasteiger partial charge in [-0.3, -0.25) is 4.79 Å². The number of carbonyl (C=O) groups is 3. The minimum atomic E-state index is -0.363. The maximum absolute atomic E-state index is 11.7. The number of nitrogens with one attached hydrogen (secondary N) is 3. The molecule has 1 amide bonds. The zero-order valence-electron chi connectivity index (χ0n) is 15.2. The van der Waals surface area contributed by atoms with Gasteiger partial charge in [-0.2, -0.15) is 0 Å². The van der Waals surface area contributed by atoms with Gasteiger partial charge in [-0.05, 0) is 25.7 Å². The molecule has 0 radical (unpaired) electrons. The van der Waals surface area contributed by atoms with E-state index in [1.165, 1.54) is 0 Å². The molecule has 0 aromatic carbocycles. The van der Waals surface area contributed by atoms with E-state index in [9.17, 15) is 14.4 Å². The lowest BCUT2D eigenvalue weighted by molar-refractivity contribution is -0.119. The molecule has 0 saturated heterocycles. The molecule has 0 heterocycles. The number of Topliss-reactive ketones (excluding diaryl/α,β-unsaturated/α-hetero) is 1. The van der Waals surface area contributed by atoms with Gasteiger partial charge in [-0.25, -0.2) is 15.6 Å². The summed E-state index contributed by atoms with van der Waals surface area (Å²) >= 11 is 0. The van der Waals surface area contributed by atoms with Gasteiger partial charge >= 0.3 is 6.09 Å². The average molecular weight is 343 g/mol. The first-order valence-electron chi connectivity index (χ1n) is 8.87. The molecule has 0 saturated carbocycles. The molecule has 140 valence electrons. The molecule has 0 aliphatic heterocycles. The molecule has 0 aromatic heterocycles. The van der Waals surface area contributed by atoms with Crippen LogP contribution in [0.4, 0.5) is 4.79 Å². The molecule has 7 nitrogen and oxygen atoms in total. The van der Waals surface area contributed by atoms with E-state index in [1.807, 2.05) is 13.8 Å². The van der Waals surface area contributed by atoms with Gasteiger partial charge in [-0.15, -0.1) is 0 Å². The third-order valence-electron chi connectivity index (χ3n) is 3.60. The molecule has 0 unspecified atom stereocenters. The van der Waals surface area contributed by atoms with E-state index in [0.717, 1.165) is 38.4 Å². The Balaban J connectivity index is 3.43. The van der Waals surface area contributed by atoms with Gasteiger partial charge in [-0.1, -0.05) is 33.1 Å². The molecular weight excluding hydrogens is 310 g/mol. The first kappa shape index (κ1) is 22.5. The molecule has 0 bridgehead atoms. The zero-order valence-corrected chi connectivity index (χ0v) is 15.2.